The average molecular weight is 477 g/mol. The van der Waals surface area contributed by atoms with Crippen molar-refractivity contribution in [2.45, 2.75) is 37.7 Å². The first-order chi connectivity index (χ1) is 16.6. The van der Waals surface area contributed by atoms with Gasteiger partial charge in [-0.1, -0.05) is 41.9 Å². The van der Waals surface area contributed by atoms with Gasteiger partial charge < -0.3 is 14.7 Å². The highest BCUT2D eigenvalue weighted by Gasteiger charge is 2.34. The zero-order chi connectivity index (χ0) is 23.5. The summed E-state index contributed by atoms with van der Waals surface area (Å²) in [6.45, 7) is 2.67. The van der Waals surface area contributed by atoms with Crippen molar-refractivity contribution in [2.24, 2.45) is 10.9 Å². The number of hydrogen-bond donors (Lipinski definition) is 1. The van der Waals surface area contributed by atoms with E-state index < -0.39 is 5.60 Å². The quantitative estimate of drug-likeness (QED) is 0.593. The smallest absolute Gasteiger partial charge is 0.202 e. The lowest BCUT2D eigenvalue weighted by atomic mass is 9.84. The number of benzene rings is 2. The van der Waals surface area contributed by atoms with E-state index in [9.17, 15) is 9.90 Å². The third-order valence-electron chi connectivity index (χ3n) is 7.25. The Bertz CT molecular complexity index is 1140. The molecule has 3 aliphatic rings. The first-order valence-corrected chi connectivity index (χ1v) is 12.3. The lowest BCUT2D eigenvalue weighted by Crippen LogP contribution is -2.42. The van der Waals surface area contributed by atoms with Crippen molar-refractivity contribution in [3.05, 3.63) is 88.1 Å². The third-order valence-corrected chi connectivity index (χ3v) is 7.51. The Hall–Kier alpha value is -2.73. The van der Waals surface area contributed by atoms with Gasteiger partial charge in [0.2, 0.25) is 5.90 Å². The molecule has 34 heavy (non-hydrogen) atoms. The summed E-state index contributed by atoms with van der Waals surface area (Å²) in [5.41, 5.74) is 3.06. The fourth-order valence-electron chi connectivity index (χ4n) is 5.21. The van der Waals surface area contributed by atoms with Crippen LogP contribution in [0.3, 0.4) is 0 Å². The van der Waals surface area contributed by atoms with Crippen molar-refractivity contribution in [1.29, 1.82) is 0 Å². The summed E-state index contributed by atoms with van der Waals surface area (Å²) in [6, 6.07) is 13.2. The van der Waals surface area contributed by atoms with Crippen LogP contribution >= 0.6 is 11.6 Å². The van der Waals surface area contributed by atoms with Crippen LogP contribution in [0.5, 0.6) is 5.75 Å². The van der Waals surface area contributed by atoms with Crippen molar-refractivity contribution in [3.63, 3.8) is 0 Å². The van der Waals surface area contributed by atoms with Gasteiger partial charge in [-0.05, 0) is 67.5 Å². The maximum atomic E-state index is 11.5. The molecule has 0 aliphatic carbocycles. The van der Waals surface area contributed by atoms with E-state index in [1.165, 1.54) is 5.57 Å². The summed E-state index contributed by atoms with van der Waals surface area (Å²) in [6.07, 6.45) is 11.1. The molecule has 0 bridgehead atoms. The van der Waals surface area contributed by atoms with Crippen LogP contribution in [0.25, 0.3) is 0 Å². The molecule has 0 saturated carbocycles. The molecule has 176 valence electrons. The molecule has 0 aromatic heterocycles. The topological polar surface area (TPSA) is 62.1 Å². The van der Waals surface area contributed by atoms with Gasteiger partial charge in [0.15, 0.2) is 0 Å². The summed E-state index contributed by atoms with van der Waals surface area (Å²) < 4.78 is 6.15. The molecule has 1 N–H and O–H groups in total. The van der Waals surface area contributed by atoms with Crippen molar-refractivity contribution < 1.29 is 14.6 Å². The normalized spacial score (nSPS) is 22.8. The Morgan fingerprint density at radius 1 is 1.18 bits per heavy atom. The van der Waals surface area contributed by atoms with Gasteiger partial charge in [-0.25, -0.2) is 4.99 Å². The first-order valence-electron chi connectivity index (χ1n) is 12.0. The van der Waals surface area contributed by atoms with E-state index in [4.69, 9.17) is 16.3 Å². The van der Waals surface area contributed by atoms with Gasteiger partial charge in [0, 0.05) is 42.0 Å². The van der Waals surface area contributed by atoms with E-state index >= 15 is 0 Å². The molecule has 1 unspecified atom stereocenters. The fourth-order valence-corrected chi connectivity index (χ4v) is 5.34. The highest BCUT2D eigenvalue weighted by atomic mass is 35.5. The summed E-state index contributed by atoms with van der Waals surface area (Å²) in [5, 5.41) is 11.8. The lowest BCUT2D eigenvalue weighted by Gasteiger charge is -2.38. The summed E-state index contributed by atoms with van der Waals surface area (Å²) in [5.74, 6) is 1.55. The molecule has 0 radical (unpaired) electrons. The molecule has 1 atom stereocenters. The Kier molecular flexibility index (Phi) is 6.68. The van der Waals surface area contributed by atoms with Crippen LogP contribution in [0.1, 0.15) is 47.2 Å². The number of carbonyl (C=O) groups is 1. The number of likely N-dealkylation sites (tertiary alicyclic amines) is 1. The minimum absolute atomic E-state index is 0.105. The molecule has 3 heterocycles. The number of halogens is 1. The first kappa shape index (κ1) is 23.0. The van der Waals surface area contributed by atoms with Gasteiger partial charge in [0.05, 0.1) is 11.5 Å². The number of piperidine rings is 1. The second kappa shape index (κ2) is 9.87. The van der Waals surface area contributed by atoms with Crippen LogP contribution in [0, 0.1) is 5.92 Å². The van der Waals surface area contributed by atoms with Gasteiger partial charge in [-0.3, -0.25) is 4.79 Å². The van der Waals surface area contributed by atoms with E-state index in [0.29, 0.717) is 16.5 Å². The van der Waals surface area contributed by atoms with E-state index in [-0.39, 0.29) is 5.92 Å². The number of rotatable bonds is 5. The summed E-state index contributed by atoms with van der Waals surface area (Å²) in [4.78, 5) is 18.4. The minimum Gasteiger partial charge on any atom is -0.442 e. The van der Waals surface area contributed by atoms with Crippen LogP contribution in [-0.4, -0.2) is 41.8 Å². The number of aldehydes is 1. The molecule has 2 aromatic carbocycles. The maximum absolute atomic E-state index is 11.5. The number of allylic oxidation sites excluding steroid dienone is 1. The third kappa shape index (κ3) is 4.74. The number of nitrogens with zero attached hydrogens (tertiary/aromatic N) is 2. The number of hydrogen-bond acceptors (Lipinski definition) is 5. The van der Waals surface area contributed by atoms with E-state index in [0.717, 1.165) is 74.9 Å². The number of ether oxygens (including phenoxy) is 1. The SMILES string of the molecule is O=Cc1cccc2c1CCC1C(=CCCN3CCC(O)(c4ccc(Cl)cc4)CC3)C=CN=C1O2. The molecule has 3 aliphatic heterocycles. The number of carbonyl (C=O) groups excluding carboxylic acids is 1. The highest BCUT2D eigenvalue weighted by molar-refractivity contribution is 6.30. The van der Waals surface area contributed by atoms with Crippen molar-refractivity contribution >= 4 is 23.8 Å². The zero-order valence-electron chi connectivity index (χ0n) is 19.1. The van der Waals surface area contributed by atoms with Gasteiger partial charge >= 0.3 is 0 Å². The summed E-state index contributed by atoms with van der Waals surface area (Å²) in [7, 11) is 0. The molecule has 5 nitrogen and oxygen atoms in total. The Labute approximate surface area is 205 Å². The predicted octanol–water partition coefficient (Wildman–Crippen LogP) is 5.32. The Balaban J connectivity index is 1.19. The van der Waals surface area contributed by atoms with E-state index in [2.05, 4.69) is 22.0 Å². The molecular weight excluding hydrogens is 448 g/mol. The van der Waals surface area contributed by atoms with Gasteiger partial charge in [-0.2, -0.15) is 0 Å². The minimum atomic E-state index is -0.774. The Morgan fingerprint density at radius 2 is 1.97 bits per heavy atom. The predicted molar refractivity (Wildman–Crippen MR) is 135 cm³/mol. The largest absolute Gasteiger partial charge is 0.442 e. The van der Waals surface area contributed by atoms with Crippen molar-refractivity contribution in [2.75, 3.05) is 19.6 Å². The highest BCUT2D eigenvalue weighted by Crippen LogP contribution is 2.35. The molecule has 6 heteroatoms. The molecule has 1 saturated heterocycles. The second-order valence-corrected chi connectivity index (χ2v) is 9.73. The average Bonchev–Trinajstić information content (AvgIpc) is 3.05. The zero-order valence-corrected chi connectivity index (χ0v) is 19.9. The van der Waals surface area contributed by atoms with Gasteiger partial charge in [-0.15, -0.1) is 0 Å². The number of fused-ring (bicyclic) bond motifs is 2. The second-order valence-electron chi connectivity index (χ2n) is 9.29. The molecule has 1 fully saturated rings. The Morgan fingerprint density at radius 3 is 2.74 bits per heavy atom. The molecule has 0 amide bonds. The molecule has 5 rings (SSSR count). The van der Waals surface area contributed by atoms with Crippen molar-refractivity contribution in [1.82, 2.24) is 4.90 Å². The molecule has 2 aromatic rings. The van der Waals surface area contributed by atoms with E-state index in [1.807, 2.05) is 42.5 Å². The van der Waals surface area contributed by atoms with Crippen LogP contribution in [0.4, 0.5) is 0 Å². The van der Waals surface area contributed by atoms with Gasteiger partial charge in [0.1, 0.15) is 12.0 Å². The van der Waals surface area contributed by atoms with Gasteiger partial charge in [0.25, 0.3) is 0 Å². The van der Waals surface area contributed by atoms with Crippen LogP contribution in [-0.2, 0) is 12.0 Å². The van der Waals surface area contributed by atoms with Crippen molar-refractivity contribution in [3.8, 4) is 5.75 Å². The fraction of sp³-hybridized carbons (Fsp3) is 0.357. The number of aliphatic imine (C=N–C) groups is 1. The van der Waals surface area contributed by atoms with Crippen LogP contribution in [0.2, 0.25) is 5.02 Å². The standard InChI is InChI=1S/C28H29ClN2O3/c29-23-8-6-22(7-9-23)28(33)13-17-31(18-14-28)16-2-4-20-12-15-30-27-25(20)11-10-24-21(19-32)3-1-5-26(24)34-27/h1,3-9,12,15,19,25,33H,2,10-11,13-14,16-18H2. The lowest BCUT2D eigenvalue weighted by molar-refractivity contribution is -0.0254. The molecule has 0 spiro atoms. The monoisotopic (exact) mass is 476 g/mol. The summed E-state index contributed by atoms with van der Waals surface area (Å²) >= 11 is 6.00. The number of aliphatic hydroxyl groups is 1. The van der Waals surface area contributed by atoms with Crippen LogP contribution < -0.4 is 4.74 Å². The molecular formula is C28H29ClN2O3. The maximum Gasteiger partial charge on any atom is 0.202 e. The van der Waals surface area contributed by atoms with E-state index in [1.54, 1.807) is 6.20 Å². The van der Waals surface area contributed by atoms with Crippen LogP contribution in [0.15, 0.2) is 71.4 Å².